The SMILES string of the molecule is C=CCN(CC(=O)Nc1nc(-c2ccccc2)cn1-c1ccc(C)c(F)c1)C(=O)c1ccc2c(c1)OCO2. The minimum absolute atomic E-state index is 0.0915. The molecule has 0 atom stereocenters. The minimum atomic E-state index is -0.472. The highest BCUT2D eigenvalue weighted by Crippen LogP contribution is 2.33. The highest BCUT2D eigenvalue weighted by molar-refractivity contribution is 5.99. The Labute approximate surface area is 218 Å². The van der Waals surface area contributed by atoms with Gasteiger partial charge in [0.1, 0.15) is 12.4 Å². The first-order valence-electron chi connectivity index (χ1n) is 11.9. The van der Waals surface area contributed by atoms with Crippen LogP contribution < -0.4 is 14.8 Å². The van der Waals surface area contributed by atoms with Gasteiger partial charge >= 0.3 is 0 Å². The van der Waals surface area contributed by atoms with E-state index in [0.29, 0.717) is 34.0 Å². The molecule has 0 saturated carbocycles. The standard InChI is InChI=1S/C29H25FN4O4/c1-3-13-33(28(36)21-10-12-25-26(14-21)38-18-37-25)17-27(35)32-29-31-24(20-7-5-4-6-8-20)16-34(29)22-11-9-19(2)23(30)15-22/h3-12,14-16H,1,13,17-18H2,2H3,(H,31,32,35). The highest BCUT2D eigenvalue weighted by Gasteiger charge is 2.23. The van der Waals surface area contributed by atoms with Gasteiger partial charge in [-0.3, -0.25) is 19.5 Å². The molecule has 1 aromatic heterocycles. The summed E-state index contributed by atoms with van der Waals surface area (Å²) in [5.41, 5.74) is 2.79. The molecule has 0 fully saturated rings. The number of fused-ring (bicyclic) bond motifs is 1. The molecular weight excluding hydrogens is 487 g/mol. The van der Waals surface area contributed by atoms with Gasteiger partial charge in [0.25, 0.3) is 5.91 Å². The summed E-state index contributed by atoms with van der Waals surface area (Å²) in [5, 5.41) is 2.79. The van der Waals surface area contributed by atoms with Crippen LogP contribution in [0.3, 0.4) is 0 Å². The lowest BCUT2D eigenvalue weighted by molar-refractivity contribution is -0.116. The number of imidazole rings is 1. The van der Waals surface area contributed by atoms with Crippen molar-refractivity contribution >= 4 is 17.8 Å². The molecule has 2 amide bonds. The van der Waals surface area contributed by atoms with Crippen molar-refractivity contribution in [2.75, 3.05) is 25.2 Å². The third-order valence-corrected chi connectivity index (χ3v) is 6.05. The third-order valence-electron chi connectivity index (χ3n) is 6.05. The van der Waals surface area contributed by atoms with Crippen molar-refractivity contribution in [2.24, 2.45) is 0 Å². The topological polar surface area (TPSA) is 85.7 Å². The quantitative estimate of drug-likeness (QED) is 0.337. The largest absolute Gasteiger partial charge is 0.454 e. The lowest BCUT2D eigenvalue weighted by atomic mass is 10.1. The summed E-state index contributed by atoms with van der Waals surface area (Å²) in [7, 11) is 0. The van der Waals surface area contributed by atoms with Crippen LogP contribution in [0.4, 0.5) is 10.3 Å². The maximum Gasteiger partial charge on any atom is 0.254 e. The van der Waals surface area contributed by atoms with Crippen LogP contribution in [0.25, 0.3) is 16.9 Å². The summed E-state index contributed by atoms with van der Waals surface area (Å²) >= 11 is 0. The average Bonchev–Trinajstić information content (AvgIpc) is 3.57. The molecule has 192 valence electrons. The van der Waals surface area contributed by atoms with Gasteiger partial charge in [-0.05, 0) is 42.8 Å². The normalized spacial score (nSPS) is 11.7. The number of carbonyl (C=O) groups excluding carboxylic acids is 2. The van der Waals surface area contributed by atoms with E-state index in [1.54, 1.807) is 54.1 Å². The molecule has 0 bridgehead atoms. The fraction of sp³-hybridized carbons (Fsp3) is 0.138. The van der Waals surface area contributed by atoms with Gasteiger partial charge in [-0.15, -0.1) is 6.58 Å². The maximum absolute atomic E-state index is 14.4. The Balaban J connectivity index is 1.41. The van der Waals surface area contributed by atoms with Gasteiger partial charge in [0, 0.05) is 23.9 Å². The summed E-state index contributed by atoms with van der Waals surface area (Å²) in [6, 6.07) is 19.1. The molecule has 9 heteroatoms. The summed E-state index contributed by atoms with van der Waals surface area (Å²) < 4.78 is 26.7. The first kappa shape index (κ1) is 24.8. The van der Waals surface area contributed by atoms with E-state index in [1.165, 1.54) is 11.0 Å². The Bertz CT molecular complexity index is 1520. The zero-order valence-corrected chi connectivity index (χ0v) is 20.7. The van der Waals surface area contributed by atoms with Crippen molar-refractivity contribution in [3.8, 4) is 28.4 Å². The molecule has 3 aromatic carbocycles. The van der Waals surface area contributed by atoms with Gasteiger partial charge < -0.3 is 14.4 Å². The fourth-order valence-electron chi connectivity index (χ4n) is 4.07. The van der Waals surface area contributed by atoms with Crippen LogP contribution in [0.2, 0.25) is 0 Å². The third kappa shape index (κ3) is 5.12. The number of aromatic nitrogens is 2. The van der Waals surface area contributed by atoms with Crippen molar-refractivity contribution in [3.05, 3.63) is 103 Å². The van der Waals surface area contributed by atoms with Crippen LogP contribution in [-0.4, -0.2) is 46.1 Å². The van der Waals surface area contributed by atoms with E-state index in [1.807, 2.05) is 30.3 Å². The molecule has 0 radical (unpaired) electrons. The Morgan fingerprint density at radius 1 is 1.11 bits per heavy atom. The van der Waals surface area contributed by atoms with Crippen LogP contribution >= 0.6 is 0 Å². The molecule has 1 aliphatic heterocycles. The van der Waals surface area contributed by atoms with Gasteiger partial charge in [0.2, 0.25) is 18.6 Å². The number of nitrogens with one attached hydrogen (secondary N) is 1. The highest BCUT2D eigenvalue weighted by atomic mass is 19.1. The smallest absolute Gasteiger partial charge is 0.254 e. The van der Waals surface area contributed by atoms with Crippen LogP contribution in [0, 0.1) is 12.7 Å². The first-order chi connectivity index (χ1) is 18.4. The monoisotopic (exact) mass is 512 g/mol. The number of anilines is 1. The van der Waals surface area contributed by atoms with Crippen molar-refractivity contribution in [1.29, 1.82) is 0 Å². The maximum atomic E-state index is 14.4. The molecule has 0 unspecified atom stereocenters. The van der Waals surface area contributed by atoms with Gasteiger partial charge in [-0.2, -0.15) is 0 Å². The van der Waals surface area contributed by atoms with E-state index in [4.69, 9.17) is 9.47 Å². The number of benzene rings is 3. The van der Waals surface area contributed by atoms with E-state index < -0.39 is 5.91 Å². The van der Waals surface area contributed by atoms with Gasteiger partial charge in [0.15, 0.2) is 11.5 Å². The lowest BCUT2D eigenvalue weighted by Crippen LogP contribution is -2.38. The molecule has 4 aromatic rings. The van der Waals surface area contributed by atoms with E-state index in [9.17, 15) is 14.0 Å². The number of carbonyl (C=O) groups is 2. The fourth-order valence-corrected chi connectivity index (χ4v) is 4.07. The molecule has 0 saturated heterocycles. The number of ether oxygens (including phenoxy) is 2. The van der Waals surface area contributed by atoms with Crippen molar-refractivity contribution in [2.45, 2.75) is 6.92 Å². The zero-order chi connectivity index (χ0) is 26.6. The van der Waals surface area contributed by atoms with E-state index in [-0.39, 0.29) is 37.6 Å². The number of nitrogens with zero attached hydrogens (tertiary/aromatic N) is 3. The second-order valence-electron chi connectivity index (χ2n) is 8.71. The van der Waals surface area contributed by atoms with Crippen molar-refractivity contribution in [3.63, 3.8) is 0 Å². The lowest BCUT2D eigenvalue weighted by Gasteiger charge is -2.21. The van der Waals surface area contributed by atoms with E-state index in [2.05, 4.69) is 16.9 Å². The summed E-state index contributed by atoms with van der Waals surface area (Å²) in [4.78, 5) is 32.3. The van der Waals surface area contributed by atoms with Crippen LogP contribution in [-0.2, 0) is 4.79 Å². The molecule has 0 spiro atoms. The van der Waals surface area contributed by atoms with Gasteiger partial charge in [0.05, 0.1) is 11.4 Å². The second-order valence-corrected chi connectivity index (χ2v) is 8.71. The molecule has 8 nitrogen and oxygen atoms in total. The molecular formula is C29H25FN4O4. The number of hydrogen-bond donors (Lipinski definition) is 1. The first-order valence-corrected chi connectivity index (χ1v) is 11.9. The molecule has 2 heterocycles. The number of halogens is 1. The molecule has 1 N–H and O–H groups in total. The molecule has 0 aliphatic carbocycles. The van der Waals surface area contributed by atoms with Crippen LogP contribution in [0.1, 0.15) is 15.9 Å². The van der Waals surface area contributed by atoms with Crippen molar-refractivity contribution in [1.82, 2.24) is 14.5 Å². The van der Waals surface area contributed by atoms with E-state index in [0.717, 1.165) is 5.56 Å². The van der Waals surface area contributed by atoms with Gasteiger partial charge in [-0.1, -0.05) is 42.5 Å². The predicted molar refractivity (Wildman–Crippen MR) is 141 cm³/mol. The number of amides is 2. The summed E-state index contributed by atoms with van der Waals surface area (Å²) in [6.07, 6.45) is 3.27. The second kappa shape index (κ2) is 10.6. The van der Waals surface area contributed by atoms with Crippen molar-refractivity contribution < 1.29 is 23.5 Å². The van der Waals surface area contributed by atoms with Crippen LogP contribution in [0.5, 0.6) is 11.5 Å². The van der Waals surface area contributed by atoms with E-state index >= 15 is 0 Å². The Morgan fingerprint density at radius 3 is 2.66 bits per heavy atom. The molecule has 5 rings (SSSR count). The number of rotatable bonds is 8. The number of hydrogen-bond acceptors (Lipinski definition) is 5. The average molecular weight is 513 g/mol. The minimum Gasteiger partial charge on any atom is -0.454 e. The molecule has 38 heavy (non-hydrogen) atoms. The van der Waals surface area contributed by atoms with Gasteiger partial charge in [-0.25, -0.2) is 9.37 Å². The Morgan fingerprint density at radius 2 is 1.89 bits per heavy atom. The number of aryl methyl sites for hydroxylation is 1. The molecule has 1 aliphatic rings. The Hall–Kier alpha value is -4.92. The zero-order valence-electron chi connectivity index (χ0n) is 20.7. The predicted octanol–water partition coefficient (Wildman–Crippen LogP) is 4.98. The summed E-state index contributed by atoms with van der Waals surface area (Å²) in [6.45, 7) is 5.37. The summed E-state index contributed by atoms with van der Waals surface area (Å²) in [5.74, 6) is 0.0162. The Kier molecular flexibility index (Phi) is 6.90. The van der Waals surface area contributed by atoms with Crippen LogP contribution in [0.15, 0.2) is 85.6 Å².